The van der Waals surface area contributed by atoms with Crippen LogP contribution in [0.1, 0.15) is 31.5 Å². The Balaban J connectivity index is 0.00000432. The van der Waals surface area contributed by atoms with E-state index in [9.17, 15) is 18.4 Å². The second-order valence-corrected chi connectivity index (χ2v) is 8.66. The van der Waals surface area contributed by atoms with Gasteiger partial charge in [0.1, 0.15) is 11.6 Å². The first kappa shape index (κ1) is 28.2. The minimum Gasteiger partial charge on any atom is -0.494 e. The fourth-order valence-corrected chi connectivity index (χ4v) is 4.08. The van der Waals surface area contributed by atoms with Crippen LogP contribution in [0.5, 0.6) is 5.75 Å². The third-order valence-electron chi connectivity index (χ3n) is 5.71. The molecule has 0 saturated heterocycles. The number of ether oxygens (including phenoxy) is 1. The first-order valence-corrected chi connectivity index (χ1v) is 10.9. The van der Waals surface area contributed by atoms with Crippen LogP contribution < -0.4 is 21.7 Å². The molecule has 3 aromatic rings. The van der Waals surface area contributed by atoms with Gasteiger partial charge in [-0.05, 0) is 37.5 Å². The van der Waals surface area contributed by atoms with Crippen LogP contribution in [-0.2, 0) is 13.1 Å². The number of benzene rings is 2. The quantitative estimate of drug-likeness (QED) is 0.490. The lowest BCUT2D eigenvalue weighted by atomic mass is 10.0. The molecular formula is C25H29ClF3N3O3. The Morgan fingerprint density at radius 3 is 2.17 bits per heavy atom. The summed E-state index contributed by atoms with van der Waals surface area (Å²) in [7, 11) is 1.29. The second kappa shape index (κ2) is 11.6. The predicted octanol–water partition coefficient (Wildman–Crippen LogP) is 4.25. The predicted molar refractivity (Wildman–Crippen MR) is 132 cm³/mol. The van der Waals surface area contributed by atoms with Crippen LogP contribution in [0.15, 0.2) is 46.0 Å². The number of rotatable bonds is 8. The van der Waals surface area contributed by atoms with E-state index in [4.69, 9.17) is 10.5 Å². The Bertz CT molecular complexity index is 1300. The molecule has 10 heteroatoms. The SMILES string of the molecule is COc1cccc(-c2c(C)n(Cc3c(F)cccc3F)c(=O)n(C[C@H](N)CC(C)C)c2=O)c1F.Cl. The van der Waals surface area contributed by atoms with Crippen LogP contribution in [0, 0.1) is 30.3 Å². The summed E-state index contributed by atoms with van der Waals surface area (Å²) in [6.07, 6.45) is 0.532. The molecule has 35 heavy (non-hydrogen) atoms. The molecule has 0 spiro atoms. The molecule has 2 aromatic carbocycles. The van der Waals surface area contributed by atoms with Gasteiger partial charge in [0.25, 0.3) is 5.56 Å². The number of hydrogen-bond acceptors (Lipinski definition) is 4. The molecule has 0 saturated carbocycles. The lowest BCUT2D eigenvalue weighted by Crippen LogP contribution is -2.46. The average molecular weight is 512 g/mol. The molecule has 6 nitrogen and oxygen atoms in total. The molecule has 0 fully saturated rings. The Morgan fingerprint density at radius 2 is 1.60 bits per heavy atom. The Hall–Kier alpha value is -3.04. The van der Waals surface area contributed by atoms with E-state index in [0.717, 1.165) is 21.3 Å². The van der Waals surface area contributed by atoms with Gasteiger partial charge >= 0.3 is 5.69 Å². The summed E-state index contributed by atoms with van der Waals surface area (Å²) in [5.41, 5.74) is 4.19. The van der Waals surface area contributed by atoms with Crippen molar-refractivity contribution in [2.24, 2.45) is 11.7 Å². The summed E-state index contributed by atoms with van der Waals surface area (Å²) in [6, 6.07) is 7.14. The van der Waals surface area contributed by atoms with Crippen molar-refractivity contribution in [3.05, 3.63) is 85.9 Å². The van der Waals surface area contributed by atoms with Gasteiger partial charge in [0.15, 0.2) is 11.6 Å². The minimum atomic E-state index is -0.838. The molecule has 1 atom stereocenters. The van der Waals surface area contributed by atoms with Gasteiger partial charge in [-0.3, -0.25) is 13.9 Å². The van der Waals surface area contributed by atoms with Crippen LogP contribution in [0.2, 0.25) is 0 Å². The molecule has 3 rings (SSSR count). The molecule has 190 valence electrons. The monoisotopic (exact) mass is 511 g/mol. The summed E-state index contributed by atoms with van der Waals surface area (Å²) >= 11 is 0. The number of halogens is 4. The molecule has 0 aliphatic carbocycles. The molecule has 0 aliphatic rings. The highest BCUT2D eigenvalue weighted by Crippen LogP contribution is 2.29. The van der Waals surface area contributed by atoms with Gasteiger partial charge in [-0.2, -0.15) is 0 Å². The third kappa shape index (κ3) is 5.79. The largest absolute Gasteiger partial charge is 0.494 e. The normalized spacial score (nSPS) is 11.9. The standard InChI is InChI=1S/C25H28F3N3O3.ClH/c1-14(2)11-16(29)12-31-24(32)22(17-7-5-10-21(34-4)23(17)28)15(3)30(25(31)33)13-18-19(26)8-6-9-20(18)27;/h5-10,14,16H,11-13,29H2,1-4H3;1H/t16-;/m1./s1. The number of aromatic nitrogens is 2. The van der Waals surface area contributed by atoms with Crippen molar-refractivity contribution in [3.8, 4) is 16.9 Å². The van der Waals surface area contributed by atoms with Gasteiger partial charge in [-0.15, -0.1) is 12.4 Å². The topological polar surface area (TPSA) is 79.2 Å². The molecule has 2 N–H and O–H groups in total. The molecule has 1 heterocycles. The first-order valence-electron chi connectivity index (χ1n) is 10.9. The molecule has 0 aliphatic heterocycles. The molecular weight excluding hydrogens is 483 g/mol. The van der Waals surface area contributed by atoms with E-state index in [1.54, 1.807) is 0 Å². The average Bonchev–Trinajstić information content (AvgIpc) is 2.76. The van der Waals surface area contributed by atoms with Gasteiger partial charge in [-0.25, -0.2) is 18.0 Å². The molecule has 0 bridgehead atoms. The second-order valence-electron chi connectivity index (χ2n) is 8.66. The van der Waals surface area contributed by atoms with E-state index < -0.39 is 41.3 Å². The van der Waals surface area contributed by atoms with Crippen molar-refractivity contribution in [1.82, 2.24) is 9.13 Å². The molecule has 1 aromatic heterocycles. The van der Waals surface area contributed by atoms with Crippen molar-refractivity contribution in [3.63, 3.8) is 0 Å². The van der Waals surface area contributed by atoms with Crippen molar-refractivity contribution < 1.29 is 17.9 Å². The van der Waals surface area contributed by atoms with E-state index in [1.165, 1.54) is 38.3 Å². The van der Waals surface area contributed by atoms with Crippen LogP contribution in [-0.4, -0.2) is 22.3 Å². The number of methoxy groups -OCH3 is 1. The zero-order valence-corrected chi connectivity index (χ0v) is 20.8. The van der Waals surface area contributed by atoms with Gasteiger partial charge in [0.2, 0.25) is 0 Å². The molecule has 0 radical (unpaired) electrons. The fourth-order valence-electron chi connectivity index (χ4n) is 4.08. The lowest BCUT2D eigenvalue weighted by Gasteiger charge is -2.21. The number of hydrogen-bond donors (Lipinski definition) is 1. The Labute approximate surface area is 207 Å². The maximum Gasteiger partial charge on any atom is 0.331 e. The highest BCUT2D eigenvalue weighted by Gasteiger charge is 2.24. The first-order chi connectivity index (χ1) is 16.1. The van der Waals surface area contributed by atoms with Crippen LogP contribution in [0.4, 0.5) is 13.2 Å². The summed E-state index contributed by atoms with van der Waals surface area (Å²) in [6.45, 7) is 4.73. The van der Waals surface area contributed by atoms with Crippen LogP contribution in [0.25, 0.3) is 11.1 Å². The summed E-state index contributed by atoms with van der Waals surface area (Å²) in [4.78, 5) is 26.8. The van der Waals surface area contributed by atoms with E-state index >= 15 is 4.39 Å². The summed E-state index contributed by atoms with van der Waals surface area (Å²) < 4.78 is 51.0. The highest BCUT2D eigenvalue weighted by molar-refractivity contribution is 5.85. The number of nitrogens with two attached hydrogens (primary N) is 1. The third-order valence-corrected chi connectivity index (χ3v) is 5.71. The lowest BCUT2D eigenvalue weighted by molar-refractivity contribution is 0.387. The van der Waals surface area contributed by atoms with E-state index in [1.807, 2.05) is 13.8 Å². The smallest absolute Gasteiger partial charge is 0.331 e. The molecule has 0 unspecified atom stereocenters. The maximum absolute atomic E-state index is 15.2. The van der Waals surface area contributed by atoms with E-state index in [-0.39, 0.29) is 53.0 Å². The van der Waals surface area contributed by atoms with Gasteiger partial charge in [-0.1, -0.05) is 32.0 Å². The van der Waals surface area contributed by atoms with Crippen molar-refractivity contribution >= 4 is 12.4 Å². The van der Waals surface area contributed by atoms with Crippen LogP contribution in [0.3, 0.4) is 0 Å². The minimum absolute atomic E-state index is 0. The highest BCUT2D eigenvalue weighted by atomic mass is 35.5. The summed E-state index contributed by atoms with van der Waals surface area (Å²) in [5, 5.41) is 0. The fraction of sp³-hybridized carbons (Fsp3) is 0.360. The summed E-state index contributed by atoms with van der Waals surface area (Å²) in [5.74, 6) is -2.34. The van der Waals surface area contributed by atoms with Crippen molar-refractivity contribution in [1.29, 1.82) is 0 Å². The van der Waals surface area contributed by atoms with Crippen molar-refractivity contribution in [2.45, 2.75) is 46.3 Å². The maximum atomic E-state index is 15.2. The van der Waals surface area contributed by atoms with Gasteiger partial charge < -0.3 is 10.5 Å². The van der Waals surface area contributed by atoms with E-state index in [0.29, 0.717) is 6.42 Å². The zero-order valence-electron chi connectivity index (χ0n) is 20.0. The van der Waals surface area contributed by atoms with Crippen molar-refractivity contribution in [2.75, 3.05) is 7.11 Å². The van der Waals surface area contributed by atoms with E-state index in [2.05, 4.69) is 0 Å². The number of nitrogens with zero attached hydrogens (tertiary/aromatic N) is 2. The Morgan fingerprint density at radius 1 is 1.00 bits per heavy atom. The Kier molecular flexibility index (Phi) is 9.34. The zero-order chi connectivity index (χ0) is 25.2. The van der Waals surface area contributed by atoms with Gasteiger partial charge in [0, 0.05) is 29.4 Å². The molecule has 0 amide bonds. The van der Waals surface area contributed by atoms with Crippen LogP contribution >= 0.6 is 12.4 Å². The van der Waals surface area contributed by atoms with Gasteiger partial charge in [0.05, 0.1) is 19.2 Å².